The van der Waals surface area contributed by atoms with Gasteiger partial charge in [-0.3, -0.25) is 4.79 Å². The highest BCUT2D eigenvalue weighted by atomic mass is 35.5. The van der Waals surface area contributed by atoms with Gasteiger partial charge >= 0.3 is 6.03 Å². The van der Waals surface area contributed by atoms with E-state index in [1.165, 1.54) is 19.3 Å². The van der Waals surface area contributed by atoms with Crippen LogP contribution in [0.1, 0.15) is 57.8 Å². The number of hydrogen-bond donors (Lipinski definition) is 3. The van der Waals surface area contributed by atoms with Crippen LogP contribution in [0.25, 0.3) is 0 Å². The number of urea groups is 1. The molecule has 1 heterocycles. The molecule has 24 heavy (non-hydrogen) atoms. The standard InChI is InChI=1S/C17H32N4O2.ClH/c22-16(21-13-11-18-12-14-21)9-5-2-6-10-19-17(23)20-15-7-3-1-4-8-15;/h15,18H,1-14H2,(H2,19,20,23);1H. The first kappa shape index (κ1) is 21.0. The van der Waals surface area contributed by atoms with E-state index in [1.807, 2.05) is 4.90 Å². The first-order valence-electron chi connectivity index (χ1n) is 9.28. The van der Waals surface area contributed by atoms with E-state index in [4.69, 9.17) is 0 Å². The summed E-state index contributed by atoms with van der Waals surface area (Å²) < 4.78 is 0. The predicted octanol–water partition coefficient (Wildman–Crippen LogP) is 2.03. The summed E-state index contributed by atoms with van der Waals surface area (Å²) in [6.07, 6.45) is 9.45. The van der Waals surface area contributed by atoms with Crippen molar-refractivity contribution in [3.63, 3.8) is 0 Å². The van der Waals surface area contributed by atoms with Crippen LogP contribution >= 0.6 is 12.4 Å². The molecule has 0 bridgehead atoms. The highest BCUT2D eigenvalue weighted by Crippen LogP contribution is 2.17. The Hall–Kier alpha value is -1.01. The Morgan fingerprint density at radius 3 is 2.42 bits per heavy atom. The van der Waals surface area contributed by atoms with Crippen LogP contribution in [0.2, 0.25) is 0 Å². The van der Waals surface area contributed by atoms with Gasteiger partial charge in [0.25, 0.3) is 0 Å². The van der Waals surface area contributed by atoms with E-state index in [-0.39, 0.29) is 24.3 Å². The summed E-state index contributed by atoms with van der Waals surface area (Å²) in [5, 5.41) is 9.24. The summed E-state index contributed by atoms with van der Waals surface area (Å²) in [5.74, 6) is 0.273. The Morgan fingerprint density at radius 1 is 1.00 bits per heavy atom. The molecule has 2 aliphatic rings. The van der Waals surface area contributed by atoms with Gasteiger partial charge in [0.05, 0.1) is 0 Å². The molecule has 140 valence electrons. The lowest BCUT2D eigenvalue weighted by atomic mass is 9.96. The lowest BCUT2D eigenvalue weighted by molar-refractivity contribution is -0.131. The van der Waals surface area contributed by atoms with E-state index >= 15 is 0 Å². The molecule has 0 radical (unpaired) electrons. The smallest absolute Gasteiger partial charge is 0.315 e. The average Bonchev–Trinajstić information content (AvgIpc) is 2.59. The zero-order valence-corrected chi connectivity index (χ0v) is 15.5. The van der Waals surface area contributed by atoms with Crippen LogP contribution < -0.4 is 16.0 Å². The van der Waals surface area contributed by atoms with Crippen molar-refractivity contribution in [2.45, 2.75) is 63.8 Å². The van der Waals surface area contributed by atoms with E-state index in [1.54, 1.807) is 0 Å². The van der Waals surface area contributed by atoms with Gasteiger partial charge in [-0.2, -0.15) is 0 Å². The number of piperazine rings is 1. The second-order valence-corrected chi connectivity index (χ2v) is 6.68. The maximum absolute atomic E-state index is 12.0. The summed E-state index contributed by atoms with van der Waals surface area (Å²) in [7, 11) is 0. The van der Waals surface area contributed by atoms with Gasteiger partial charge in [0.15, 0.2) is 0 Å². The van der Waals surface area contributed by atoms with Crippen LogP contribution in [0.4, 0.5) is 4.79 Å². The molecule has 0 aromatic carbocycles. The minimum Gasteiger partial charge on any atom is -0.340 e. The number of carbonyl (C=O) groups is 2. The number of halogens is 1. The molecule has 0 aromatic heterocycles. The molecule has 3 N–H and O–H groups in total. The number of nitrogens with one attached hydrogen (secondary N) is 3. The van der Waals surface area contributed by atoms with Crippen molar-refractivity contribution in [3.05, 3.63) is 0 Å². The van der Waals surface area contributed by atoms with Crippen LogP contribution in [-0.2, 0) is 4.79 Å². The van der Waals surface area contributed by atoms with Crippen molar-refractivity contribution in [2.75, 3.05) is 32.7 Å². The van der Waals surface area contributed by atoms with Gasteiger partial charge in [-0.15, -0.1) is 12.4 Å². The minimum absolute atomic E-state index is 0. The molecule has 0 atom stereocenters. The fourth-order valence-corrected chi connectivity index (χ4v) is 3.34. The van der Waals surface area contributed by atoms with Gasteiger partial charge in [-0.25, -0.2) is 4.79 Å². The average molecular weight is 361 g/mol. The molecule has 1 aliphatic carbocycles. The first-order chi connectivity index (χ1) is 11.3. The molecule has 1 aliphatic heterocycles. The monoisotopic (exact) mass is 360 g/mol. The zero-order valence-electron chi connectivity index (χ0n) is 14.6. The molecule has 1 saturated carbocycles. The van der Waals surface area contributed by atoms with Gasteiger partial charge in [0.1, 0.15) is 0 Å². The number of hydrogen-bond acceptors (Lipinski definition) is 3. The van der Waals surface area contributed by atoms with Crippen molar-refractivity contribution in [3.8, 4) is 0 Å². The van der Waals surface area contributed by atoms with E-state index in [2.05, 4.69) is 16.0 Å². The first-order valence-corrected chi connectivity index (χ1v) is 9.28. The van der Waals surface area contributed by atoms with Gasteiger partial charge in [-0.1, -0.05) is 25.7 Å². The summed E-state index contributed by atoms with van der Waals surface area (Å²) in [5.41, 5.74) is 0. The second-order valence-electron chi connectivity index (χ2n) is 6.68. The van der Waals surface area contributed by atoms with Crippen LogP contribution in [-0.4, -0.2) is 55.6 Å². The normalized spacial score (nSPS) is 18.6. The third-order valence-corrected chi connectivity index (χ3v) is 4.76. The molecule has 1 saturated heterocycles. The Kier molecular flexibility index (Phi) is 10.8. The van der Waals surface area contributed by atoms with Crippen molar-refractivity contribution in [1.82, 2.24) is 20.9 Å². The number of rotatable bonds is 7. The molecule has 2 fully saturated rings. The molecule has 0 unspecified atom stereocenters. The summed E-state index contributed by atoms with van der Waals surface area (Å²) >= 11 is 0. The quantitative estimate of drug-likeness (QED) is 0.608. The highest BCUT2D eigenvalue weighted by Gasteiger charge is 2.16. The summed E-state index contributed by atoms with van der Waals surface area (Å²) in [6, 6.07) is 0.328. The Labute approximate surface area is 151 Å². The Morgan fingerprint density at radius 2 is 1.71 bits per heavy atom. The van der Waals surface area contributed by atoms with Crippen molar-refractivity contribution in [1.29, 1.82) is 0 Å². The maximum atomic E-state index is 12.0. The number of amides is 3. The van der Waals surface area contributed by atoms with E-state index in [0.717, 1.165) is 58.3 Å². The minimum atomic E-state index is -0.0335. The third-order valence-electron chi connectivity index (χ3n) is 4.76. The van der Waals surface area contributed by atoms with Crippen molar-refractivity contribution in [2.24, 2.45) is 0 Å². The Bertz CT molecular complexity index is 370. The summed E-state index contributed by atoms with van der Waals surface area (Å²) in [6.45, 7) is 4.18. The molecule has 6 nitrogen and oxygen atoms in total. The van der Waals surface area contributed by atoms with E-state index in [9.17, 15) is 9.59 Å². The molecule has 0 spiro atoms. The zero-order chi connectivity index (χ0) is 16.3. The lowest BCUT2D eigenvalue weighted by Gasteiger charge is -2.27. The largest absolute Gasteiger partial charge is 0.340 e. The summed E-state index contributed by atoms with van der Waals surface area (Å²) in [4.78, 5) is 25.7. The van der Waals surface area contributed by atoms with Crippen molar-refractivity contribution < 1.29 is 9.59 Å². The van der Waals surface area contributed by atoms with E-state index < -0.39 is 0 Å². The van der Waals surface area contributed by atoms with Gasteiger partial charge in [0, 0.05) is 45.2 Å². The van der Waals surface area contributed by atoms with E-state index in [0.29, 0.717) is 19.0 Å². The van der Waals surface area contributed by atoms with Crippen LogP contribution in [0.15, 0.2) is 0 Å². The van der Waals surface area contributed by atoms with Crippen LogP contribution in [0, 0.1) is 0 Å². The molecular weight excluding hydrogens is 328 g/mol. The van der Waals surface area contributed by atoms with Gasteiger partial charge in [0.2, 0.25) is 5.91 Å². The maximum Gasteiger partial charge on any atom is 0.315 e. The number of unbranched alkanes of at least 4 members (excludes halogenated alkanes) is 2. The number of nitrogens with zero attached hydrogens (tertiary/aromatic N) is 1. The van der Waals surface area contributed by atoms with Gasteiger partial charge < -0.3 is 20.9 Å². The highest BCUT2D eigenvalue weighted by molar-refractivity contribution is 5.85. The SMILES string of the molecule is Cl.O=C(NCCCCCC(=O)N1CCNCC1)NC1CCCCC1. The second kappa shape index (κ2) is 12.4. The van der Waals surface area contributed by atoms with Crippen LogP contribution in [0.3, 0.4) is 0 Å². The molecular formula is C17H33ClN4O2. The molecule has 7 heteroatoms. The topological polar surface area (TPSA) is 73.5 Å². The number of carbonyl (C=O) groups excluding carboxylic acids is 2. The molecule has 0 aromatic rings. The third kappa shape index (κ3) is 8.20. The lowest BCUT2D eigenvalue weighted by Crippen LogP contribution is -2.46. The fraction of sp³-hybridized carbons (Fsp3) is 0.882. The fourth-order valence-electron chi connectivity index (χ4n) is 3.34. The predicted molar refractivity (Wildman–Crippen MR) is 98.6 cm³/mol. The molecule has 2 rings (SSSR count). The molecule has 3 amide bonds. The van der Waals surface area contributed by atoms with Crippen LogP contribution in [0.5, 0.6) is 0 Å². The van der Waals surface area contributed by atoms with Gasteiger partial charge in [-0.05, 0) is 25.7 Å². The van der Waals surface area contributed by atoms with Crippen molar-refractivity contribution >= 4 is 24.3 Å². The Balaban J connectivity index is 0.00000288.